The van der Waals surface area contributed by atoms with E-state index in [1.807, 2.05) is 19.9 Å². The highest BCUT2D eigenvalue weighted by Gasteiger charge is 2.29. The summed E-state index contributed by atoms with van der Waals surface area (Å²) in [6, 6.07) is 5.82. The van der Waals surface area contributed by atoms with Gasteiger partial charge in [-0.05, 0) is 54.2 Å². The molecule has 0 aromatic carbocycles. The number of amides is 1. The van der Waals surface area contributed by atoms with Gasteiger partial charge in [0.1, 0.15) is 10.9 Å². The lowest BCUT2D eigenvalue weighted by atomic mass is 9.71. The average Bonchev–Trinajstić information content (AvgIpc) is 2.98. The number of thiophene rings is 1. The van der Waals surface area contributed by atoms with Crippen LogP contribution in [0.15, 0.2) is 12.1 Å². The van der Waals surface area contributed by atoms with Crippen molar-refractivity contribution in [2.45, 2.75) is 59.9 Å². The van der Waals surface area contributed by atoms with Crippen molar-refractivity contribution in [2.24, 2.45) is 17.3 Å². The summed E-state index contributed by atoms with van der Waals surface area (Å²) in [4.78, 5) is 18.9. The predicted octanol–water partition coefficient (Wildman–Crippen LogP) is 4.73. The molecule has 4 nitrogen and oxygen atoms in total. The van der Waals surface area contributed by atoms with Crippen LogP contribution in [0.4, 0.5) is 0 Å². The summed E-state index contributed by atoms with van der Waals surface area (Å²) < 4.78 is 0. The number of pyridine rings is 1. The van der Waals surface area contributed by atoms with Gasteiger partial charge in [0.15, 0.2) is 0 Å². The largest absolute Gasteiger partial charge is 0.335 e. The van der Waals surface area contributed by atoms with Crippen molar-refractivity contribution in [1.29, 1.82) is 5.26 Å². The number of hydrogen-bond donors (Lipinski definition) is 1. The number of fused-ring (bicyclic) bond motifs is 2. The van der Waals surface area contributed by atoms with E-state index < -0.39 is 6.04 Å². The number of aryl methyl sites for hydroxylation is 1. The average molecular weight is 370 g/mol. The van der Waals surface area contributed by atoms with Crippen LogP contribution in [-0.2, 0) is 12.8 Å². The summed E-state index contributed by atoms with van der Waals surface area (Å²) in [5, 5.41) is 13.0. The number of carbonyl (C=O) groups is 1. The first-order valence-corrected chi connectivity index (χ1v) is 10.1. The Labute approximate surface area is 159 Å². The van der Waals surface area contributed by atoms with E-state index in [9.17, 15) is 10.1 Å². The topological polar surface area (TPSA) is 65.8 Å². The van der Waals surface area contributed by atoms with Crippen molar-refractivity contribution in [3.63, 3.8) is 0 Å². The zero-order valence-electron chi connectivity index (χ0n) is 16.2. The van der Waals surface area contributed by atoms with Crippen LogP contribution in [0.5, 0.6) is 0 Å². The molecule has 2 atom stereocenters. The molecule has 2 aromatic rings. The number of nitrogens with one attached hydrogen (secondary N) is 1. The van der Waals surface area contributed by atoms with Crippen LogP contribution in [0.1, 0.15) is 62.0 Å². The first-order chi connectivity index (χ1) is 12.2. The molecule has 1 aliphatic carbocycles. The molecule has 2 heterocycles. The van der Waals surface area contributed by atoms with Gasteiger partial charge in [0.25, 0.3) is 5.91 Å². The van der Waals surface area contributed by atoms with E-state index in [1.165, 1.54) is 29.0 Å². The van der Waals surface area contributed by atoms with E-state index >= 15 is 0 Å². The Bertz CT molecular complexity index is 870. The smallest absolute Gasteiger partial charge is 0.262 e. The molecule has 0 bridgehead atoms. The minimum atomic E-state index is -0.471. The summed E-state index contributed by atoms with van der Waals surface area (Å²) in [7, 11) is 0. The van der Waals surface area contributed by atoms with E-state index in [0.717, 1.165) is 23.1 Å². The van der Waals surface area contributed by atoms with Crippen molar-refractivity contribution >= 4 is 27.5 Å². The van der Waals surface area contributed by atoms with Crippen LogP contribution in [0, 0.1) is 28.6 Å². The molecule has 0 aliphatic heterocycles. The Morgan fingerprint density at radius 2 is 2.12 bits per heavy atom. The maximum Gasteiger partial charge on any atom is 0.262 e. The molecule has 1 amide bonds. The number of nitriles is 1. The fraction of sp³-hybridized carbons (Fsp3) is 0.571. The van der Waals surface area contributed by atoms with E-state index in [2.05, 4.69) is 38.2 Å². The third kappa shape index (κ3) is 3.76. The second-order valence-electron chi connectivity index (χ2n) is 8.73. The molecule has 0 radical (unpaired) electrons. The second-order valence-corrected chi connectivity index (χ2v) is 9.76. The van der Waals surface area contributed by atoms with Crippen molar-refractivity contribution in [3.8, 4) is 6.07 Å². The summed E-state index contributed by atoms with van der Waals surface area (Å²) in [5.41, 5.74) is 2.81. The normalized spacial score (nSPS) is 18.4. The van der Waals surface area contributed by atoms with Gasteiger partial charge in [-0.3, -0.25) is 4.79 Å². The van der Waals surface area contributed by atoms with Crippen molar-refractivity contribution in [2.75, 3.05) is 0 Å². The van der Waals surface area contributed by atoms with Gasteiger partial charge in [-0.2, -0.15) is 5.26 Å². The highest BCUT2D eigenvalue weighted by molar-refractivity contribution is 7.20. The third-order valence-corrected chi connectivity index (χ3v) is 6.46. The number of nitrogens with zero attached hydrogens (tertiary/aromatic N) is 2. The van der Waals surface area contributed by atoms with Crippen LogP contribution >= 0.6 is 11.3 Å². The molecular formula is C21H27N3OS. The molecule has 0 fully saturated rings. The fourth-order valence-electron chi connectivity index (χ4n) is 3.53. The molecule has 1 aliphatic rings. The molecular weight excluding hydrogens is 342 g/mol. The maximum absolute atomic E-state index is 12.5. The Morgan fingerprint density at radius 1 is 1.38 bits per heavy atom. The summed E-state index contributed by atoms with van der Waals surface area (Å²) in [6.45, 7) is 10.8. The van der Waals surface area contributed by atoms with Crippen molar-refractivity contribution in [3.05, 3.63) is 28.3 Å². The lowest BCUT2D eigenvalue weighted by molar-refractivity contribution is 0.0942. The molecule has 138 valence electrons. The monoisotopic (exact) mass is 369 g/mol. The van der Waals surface area contributed by atoms with Gasteiger partial charge in [0.2, 0.25) is 0 Å². The Kier molecular flexibility index (Phi) is 5.07. The first kappa shape index (κ1) is 18.8. The van der Waals surface area contributed by atoms with Gasteiger partial charge in [-0.1, -0.05) is 34.6 Å². The van der Waals surface area contributed by atoms with Gasteiger partial charge in [0.05, 0.1) is 10.9 Å². The number of carbonyl (C=O) groups excluding carboxylic acids is 1. The molecule has 1 unspecified atom stereocenters. The predicted molar refractivity (Wildman–Crippen MR) is 106 cm³/mol. The molecule has 0 saturated carbocycles. The van der Waals surface area contributed by atoms with E-state index in [-0.39, 0.29) is 11.8 Å². The van der Waals surface area contributed by atoms with Gasteiger partial charge >= 0.3 is 0 Å². The molecule has 1 N–H and O–H groups in total. The van der Waals surface area contributed by atoms with E-state index in [4.69, 9.17) is 4.98 Å². The van der Waals surface area contributed by atoms with Crippen LogP contribution < -0.4 is 5.32 Å². The highest BCUT2D eigenvalue weighted by atomic mass is 32.1. The van der Waals surface area contributed by atoms with E-state index in [0.29, 0.717) is 16.2 Å². The molecule has 0 saturated heterocycles. The standard InChI is InChI=1S/C21H27N3OS/c1-12(2)17(11-22)23-19(25)18-10-14-8-13-9-15(21(3,4)5)6-7-16(13)24-20(14)26-18/h8,10,12,15,17H,6-7,9H2,1-5H3,(H,23,25)/t15?,17-/m1/s1. The van der Waals surface area contributed by atoms with Gasteiger partial charge in [0, 0.05) is 11.1 Å². The number of aromatic nitrogens is 1. The van der Waals surface area contributed by atoms with Gasteiger partial charge in [-0.15, -0.1) is 11.3 Å². The Balaban J connectivity index is 1.87. The third-order valence-electron chi connectivity index (χ3n) is 5.41. The highest BCUT2D eigenvalue weighted by Crippen LogP contribution is 2.38. The fourth-order valence-corrected chi connectivity index (χ4v) is 4.47. The number of rotatable bonds is 3. The minimum absolute atomic E-state index is 0.0816. The second kappa shape index (κ2) is 7.00. The van der Waals surface area contributed by atoms with Crippen molar-refractivity contribution in [1.82, 2.24) is 10.3 Å². The van der Waals surface area contributed by atoms with Crippen LogP contribution in [0.25, 0.3) is 10.2 Å². The minimum Gasteiger partial charge on any atom is -0.335 e. The Hall–Kier alpha value is -1.93. The zero-order valence-corrected chi connectivity index (χ0v) is 17.0. The lowest BCUT2D eigenvalue weighted by Gasteiger charge is -2.34. The summed E-state index contributed by atoms with van der Waals surface area (Å²) >= 11 is 1.42. The quantitative estimate of drug-likeness (QED) is 0.851. The molecule has 26 heavy (non-hydrogen) atoms. The summed E-state index contributed by atoms with van der Waals surface area (Å²) in [6.07, 6.45) is 3.24. The molecule has 0 spiro atoms. The van der Waals surface area contributed by atoms with Gasteiger partial charge < -0.3 is 5.32 Å². The molecule has 2 aromatic heterocycles. The number of hydrogen-bond acceptors (Lipinski definition) is 4. The first-order valence-electron chi connectivity index (χ1n) is 9.32. The lowest BCUT2D eigenvalue weighted by Crippen LogP contribution is -2.36. The zero-order chi connectivity index (χ0) is 19.1. The van der Waals surface area contributed by atoms with E-state index in [1.54, 1.807) is 0 Å². The molecule has 5 heteroatoms. The van der Waals surface area contributed by atoms with Crippen LogP contribution in [-0.4, -0.2) is 16.9 Å². The molecule has 3 rings (SSSR count). The van der Waals surface area contributed by atoms with Crippen molar-refractivity contribution < 1.29 is 4.79 Å². The SMILES string of the molecule is CC(C)[C@@H](C#N)NC(=O)c1cc2cc3c(nc2s1)CCC(C(C)(C)C)C3. The van der Waals surface area contributed by atoms with Gasteiger partial charge in [-0.25, -0.2) is 4.98 Å². The van der Waals surface area contributed by atoms with Crippen LogP contribution in [0.2, 0.25) is 0 Å². The summed E-state index contributed by atoms with van der Waals surface area (Å²) in [5.74, 6) is 0.565. The van der Waals surface area contributed by atoms with Crippen LogP contribution in [0.3, 0.4) is 0 Å². The Morgan fingerprint density at radius 3 is 2.73 bits per heavy atom. The maximum atomic E-state index is 12.5.